The van der Waals surface area contributed by atoms with Crippen molar-refractivity contribution in [2.24, 2.45) is 0 Å². The number of likely N-dealkylation sites (N-methyl/N-ethyl adjacent to an activating group) is 1. The zero-order chi connectivity index (χ0) is 21.9. The number of nitro benzene ring substituents is 1. The summed E-state index contributed by atoms with van der Waals surface area (Å²) in [6.07, 6.45) is -4.67. The molecule has 0 saturated carbocycles. The predicted molar refractivity (Wildman–Crippen MR) is 107 cm³/mol. The summed E-state index contributed by atoms with van der Waals surface area (Å²) in [6, 6.07) is 11.8. The molecule has 1 saturated heterocycles. The lowest BCUT2D eigenvalue weighted by atomic mass is 10.0. The lowest BCUT2D eigenvalue weighted by Gasteiger charge is -2.40. The second-order valence-corrected chi connectivity index (χ2v) is 8.02. The van der Waals surface area contributed by atoms with Crippen LogP contribution in [0.3, 0.4) is 0 Å². The fourth-order valence-electron chi connectivity index (χ4n) is 3.36. The lowest BCUT2D eigenvalue weighted by Crippen LogP contribution is -2.49. The molecule has 0 spiro atoms. The van der Waals surface area contributed by atoms with Crippen LogP contribution in [0.4, 0.5) is 18.9 Å². The van der Waals surface area contributed by atoms with E-state index in [0.717, 1.165) is 29.5 Å². The Balaban J connectivity index is 1.76. The van der Waals surface area contributed by atoms with Crippen molar-refractivity contribution in [2.45, 2.75) is 17.1 Å². The van der Waals surface area contributed by atoms with Crippen molar-refractivity contribution in [3.05, 3.63) is 69.8 Å². The summed E-state index contributed by atoms with van der Waals surface area (Å²) < 4.78 is 38.6. The van der Waals surface area contributed by atoms with Gasteiger partial charge in [0.2, 0.25) is 5.91 Å². The number of nitrogens with zero attached hydrogens (tertiary/aromatic N) is 3. The van der Waals surface area contributed by atoms with Crippen LogP contribution in [0.5, 0.6) is 0 Å². The summed E-state index contributed by atoms with van der Waals surface area (Å²) in [5.41, 5.74) is -0.753. The molecule has 0 aromatic heterocycles. The van der Waals surface area contributed by atoms with E-state index in [1.54, 1.807) is 4.90 Å². The molecule has 160 valence electrons. The molecule has 1 heterocycles. The topological polar surface area (TPSA) is 66.7 Å². The molecule has 6 nitrogen and oxygen atoms in total. The van der Waals surface area contributed by atoms with Crippen molar-refractivity contribution >= 4 is 23.4 Å². The van der Waals surface area contributed by atoms with Gasteiger partial charge in [-0.3, -0.25) is 14.9 Å². The Morgan fingerprint density at radius 2 is 1.90 bits per heavy atom. The van der Waals surface area contributed by atoms with Gasteiger partial charge in [0, 0.05) is 25.7 Å². The number of hydrogen-bond donors (Lipinski definition) is 0. The van der Waals surface area contributed by atoms with Crippen molar-refractivity contribution in [3.63, 3.8) is 0 Å². The minimum Gasteiger partial charge on any atom is -0.332 e. The zero-order valence-corrected chi connectivity index (χ0v) is 16.9. The van der Waals surface area contributed by atoms with Crippen LogP contribution in [0.15, 0.2) is 53.4 Å². The first-order chi connectivity index (χ1) is 14.2. The van der Waals surface area contributed by atoms with E-state index in [9.17, 15) is 28.1 Å². The van der Waals surface area contributed by atoms with E-state index in [1.807, 2.05) is 37.4 Å². The first kappa shape index (κ1) is 22.1. The Labute approximate surface area is 175 Å². The van der Waals surface area contributed by atoms with E-state index >= 15 is 0 Å². The van der Waals surface area contributed by atoms with Crippen LogP contribution in [-0.2, 0) is 11.0 Å². The van der Waals surface area contributed by atoms with E-state index in [2.05, 4.69) is 4.90 Å². The van der Waals surface area contributed by atoms with Crippen LogP contribution in [0.1, 0.15) is 17.2 Å². The van der Waals surface area contributed by atoms with Crippen LogP contribution in [-0.4, -0.2) is 53.1 Å². The number of carbonyl (C=O) groups excluding carboxylic acids is 1. The SMILES string of the molecule is CN1CCN(C(=O)CSc2ccc(C(F)(F)F)cc2[N+](=O)[O-])C(c2ccccc2)C1. The quantitative estimate of drug-likeness (QED) is 0.397. The number of benzene rings is 2. The number of nitro groups is 1. The van der Waals surface area contributed by atoms with Crippen molar-refractivity contribution in [1.29, 1.82) is 0 Å². The summed E-state index contributed by atoms with van der Waals surface area (Å²) in [7, 11) is 1.97. The van der Waals surface area contributed by atoms with Crippen molar-refractivity contribution < 1.29 is 22.9 Å². The summed E-state index contributed by atoms with van der Waals surface area (Å²) in [4.78, 5) is 27.2. The molecule has 2 aromatic carbocycles. The van der Waals surface area contributed by atoms with Crippen molar-refractivity contribution in [1.82, 2.24) is 9.80 Å². The minimum atomic E-state index is -4.67. The molecular weight excluding hydrogens is 419 g/mol. The van der Waals surface area contributed by atoms with Crippen LogP contribution in [0.2, 0.25) is 0 Å². The predicted octanol–water partition coefficient (Wildman–Crippen LogP) is 4.22. The van der Waals surface area contributed by atoms with Gasteiger partial charge in [0.05, 0.1) is 27.2 Å². The zero-order valence-electron chi connectivity index (χ0n) is 16.1. The number of hydrogen-bond acceptors (Lipinski definition) is 5. The van der Waals surface area contributed by atoms with E-state index in [0.29, 0.717) is 25.7 Å². The second-order valence-electron chi connectivity index (χ2n) is 7.00. The molecule has 0 N–H and O–H groups in total. The molecule has 2 aromatic rings. The molecule has 0 aliphatic carbocycles. The highest BCUT2D eigenvalue weighted by Crippen LogP contribution is 2.37. The Kier molecular flexibility index (Phi) is 6.67. The van der Waals surface area contributed by atoms with Gasteiger partial charge < -0.3 is 9.80 Å². The first-order valence-electron chi connectivity index (χ1n) is 9.18. The number of halogens is 3. The van der Waals surface area contributed by atoms with Gasteiger partial charge in [0.1, 0.15) is 0 Å². The van der Waals surface area contributed by atoms with Gasteiger partial charge in [-0.05, 0) is 24.7 Å². The average molecular weight is 439 g/mol. The van der Waals surface area contributed by atoms with Crippen molar-refractivity contribution in [3.8, 4) is 0 Å². The van der Waals surface area contributed by atoms with Crippen LogP contribution in [0.25, 0.3) is 0 Å². The molecule has 1 aliphatic rings. The molecule has 1 amide bonds. The van der Waals surface area contributed by atoms with Crippen molar-refractivity contribution in [2.75, 3.05) is 32.4 Å². The maximum Gasteiger partial charge on any atom is 0.416 e. The third kappa shape index (κ3) is 5.11. The third-order valence-corrected chi connectivity index (χ3v) is 5.97. The molecule has 3 rings (SSSR count). The number of amides is 1. The van der Waals surface area contributed by atoms with Gasteiger partial charge in [-0.15, -0.1) is 11.8 Å². The lowest BCUT2D eigenvalue weighted by molar-refractivity contribution is -0.388. The van der Waals surface area contributed by atoms with Crippen LogP contribution < -0.4 is 0 Å². The van der Waals surface area contributed by atoms with E-state index in [-0.39, 0.29) is 22.6 Å². The van der Waals surface area contributed by atoms with Gasteiger partial charge in [0.15, 0.2) is 0 Å². The Bertz CT molecular complexity index is 925. The Morgan fingerprint density at radius 1 is 1.20 bits per heavy atom. The number of piperazine rings is 1. The summed E-state index contributed by atoms with van der Waals surface area (Å²) in [5.74, 6) is -0.310. The molecule has 0 bridgehead atoms. The molecular formula is C20H20F3N3O3S. The molecule has 30 heavy (non-hydrogen) atoms. The number of carbonyl (C=O) groups is 1. The molecule has 1 fully saturated rings. The summed E-state index contributed by atoms with van der Waals surface area (Å²) in [5, 5.41) is 11.2. The highest BCUT2D eigenvalue weighted by atomic mass is 32.2. The largest absolute Gasteiger partial charge is 0.416 e. The van der Waals surface area contributed by atoms with E-state index in [1.165, 1.54) is 0 Å². The van der Waals surface area contributed by atoms with Gasteiger partial charge in [-0.1, -0.05) is 30.3 Å². The first-order valence-corrected chi connectivity index (χ1v) is 10.2. The average Bonchev–Trinajstić information content (AvgIpc) is 2.71. The Hall–Kier alpha value is -2.59. The van der Waals surface area contributed by atoms with Gasteiger partial charge >= 0.3 is 6.18 Å². The maximum atomic E-state index is 12.9. The second kappa shape index (κ2) is 9.05. The molecule has 1 aliphatic heterocycles. The monoisotopic (exact) mass is 439 g/mol. The molecule has 1 unspecified atom stereocenters. The van der Waals surface area contributed by atoms with E-state index in [4.69, 9.17) is 0 Å². The van der Waals surface area contributed by atoms with Crippen LogP contribution in [0, 0.1) is 10.1 Å². The smallest absolute Gasteiger partial charge is 0.332 e. The number of thioether (sulfide) groups is 1. The molecule has 10 heteroatoms. The molecule has 1 atom stereocenters. The van der Waals surface area contributed by atoms with Gasteiger partial charge in [0.25, 0.3) is 5.69 Å². The normalized spacial score (nSPS) is 17.7. The fraction of sp³-hybridized carbons (Fsp3) is 0.350. The number of rotatable bonds is 5. The number of alkyl halides is 3. The van der Waals surface area contributed by atoms with Gasteiger partial charge in [-0.2, -0.15) is 13.2 Å². The third-order valence-electron chi connectivity index (χ3n) is 4.92. The standard InChI is InChI=1S/C20H20F3N3O3S/c1-24-9-10-25(17(12-24)14-5-3-2-4-6-14)19(27)13-30-18-8-7-15(20(21,22)23)11-16(18)26(28)29/h2-8,11,17H,9-10,12-13H2,1H3. The highest BCUT2D eigenvalue weighted by molar-refractivity contribution is 8.00. The van der Waals surface area contributed by atoms with Gasteiger partial charge in [-0.25, -0.2) is 0 Å². The van der Waals surface area contributed by atoms with E-state index < -0.39 is 22.4 Å². The molecule has 0 radical (unpaired) electrons. The fourth-order valence-corrected chi connectivity index (χ4v) is 4.25. The highest BCUT2D eigenvalue weighted by Gasteiger charge is 2.34. The maximum absolute atomic E-state index is 12.9. The summed E-state index contributed by atoms with van der Waals surface area (Å²) in [6.45, 7) is 1.85. The summed E-state index contributed by atoms with van der Waals surface area (Å²) >= 11 is 0.881. The van der Waals surface area contributed by atoms with Crippen LogP contribution >= 0.6 is 11.8 Å². The minimum absolute atomic E-state index is 0.0340. The Morgan fingerprint density at radius 3 is 2.53 bits per heavy atom.